The predicted molar refractivity (Wildman–Crippen MR) is 80.0 cm³/mol. The molecular weight excluding hydrogens is 224 g/mol. The van der Waals surface area contributed by atoms with E-state index in [1.165, 1.54) is 6.42 Å². The van der Waals surface area contributed by atoms with Gasteiger partial charge in [0.2, 0.25) is 0 Å². The number of hydrogen-bond acceptors (Lipinski definition) is 2. The molecule has 2 nitrogen and oxygen atoms in total. The van der Waals surface area contributed by atoms with Crippen molar-refractivity contribution in [1.82, 2.24) is 0 Å². The molecule has 18 heavy (non-hydrogen) atoms. The third kappa shape index (κ3) is 9.06. The minimum atomic E-state index is -0.278. The summed E-state index contributed by atoms with van der Waals surface area (Å²) >= 11 is 0. The van der Waals surface area contributed by atoms with Gasteiger partial charge in [-0.3, -0.25) is 0 Å². The quantitative estimate of drug-likeness (QED) is 0.706. The van der Waals surface area contributed by atoms with Crippen molar-refractivity contribution in [2.24, 2.45) is 0 Å². The Morgan fingerprint density at radius 1 is 1.00 bits per heavy atom. The van der Waals surface area contributed by atoms with Gasteiger partial charge < -0.3 is 10.2 Å². The summed E-state index contributed by atoms with van der Waals surface area (Å²) in [5.74, 6) is 0.368. The van der Waals surface area contributed by atoms with Gasteiger partial charge in [-0.1, -0.05) is 45.9 Å². The van der Waals surface area contributed by atoms with Crippen LogP contribution < -0.4 is 0 Å². The van der Waals surface area contributed by atoms with Gasteiger partial charge in [0.05, 0.1) is 5.60 Å². The molecule has 0 radical (unpaired) electrons. The van der Waals surface area contributed by atoms with E-state index in [0.29, 0.717) is 5.75 Å². The van der Waals surface area contributed by atoms with Crippen LogP contribution in [-0.2, 0) is 0 Å². The maximum Gasteiger partial charge on any atom is 0.118 e. The summed E-state index contributed by atoms with van der Waals surface area (Å²) in [6, 6.07) is 7.25. The van der Waals surface area contributed by atoms with E-state index < -0.39 is 0 Å². The van der Waals surface area contributed by atoms with Crippen molar-refractivity contribution in [3.05, 3.63) is 29.8 Å². The molecule has 0 spiro atoms. The van der Waals surface area contributed by atoms with E-state index in [0.717, 1.165) is 18.4 Å². The predicted octanol–water partition coefficient (Wildman–Crippen LogP) is 4.67. The van der Waals surface area contributed by atoms with E-state index >= 15 is 0 Å². The Morgan fingerprint density at radius 3 is 1.56 bits per heavy atom. The number of aliphatic hydroxyl groups is 1. The van der Waals surface area contributed by atoms with Gasteiger partial charge >= 0.3 is 0 Å². The van der Waals surface area contributed by atoms with Gasteiger partial charge in [-0.2, -0.15) is 0 Å². The lowest BCUT2D eigenvalue weighted by Gasteiger charge is -2.31. The van der Waals surface area contributed by atoms with E-state index in [-0.39, 0.29) is 5.60 Å². The smallest absolute Gasteiger partial charge is 0.118 e. The Labute approximate surface area is 113 Å². The molecule has 1 saturated carbocycles. The summed E-state index contributed by atoms with van der Waals surface area (Å²) in [7, 11) is 0. The van der Waals surface area contributed by atoms with Crippen LogP contribution in [0.15, 0.2) is 24.3 Å². The Balaban J connectivity index is 0. The standard InChI is InChI=1S/C7H8O.C5H10O.2C2H6/c1-6-4-2-3-5-7(6)8;1-5(6)3-2-4-5;2*1-2/h2-5,8H,1H3;6H,2-4H2,1H3;2*1-2H3. The molecule has 0 bridgehead atoms. The summed E-state index contributed by atoms with van der Waals surface area (Å²) in [6.07, 6.45) is 3.23. The molecule has 2 N–H and O–H groups in total. The summed E-state index contributed by atoms with van der Waals surface area (Å²) < 4.78 is 0. The number of phenolic OH excluding ortho intramolecular Hbond substituents is 1. The van der Waals surface area contributed by atoms with Crippen molar-refractivity contribution in [2.75, 3.05) is 0 Å². The molecule has 1 aromatic rings. The second kappa shape index (κ2) is 11.1. The van der Waals surface area contributed by atoms with Gasteiger partial charge in [0, 0.05) is 0 Å². The molecule has 0 atom stereocenters. The normalized spacial score (nSPS) is 14.4. The van der Waals surface area contributed by atoms with Crippen LogP contribution in [0.2, 0.25) is 0 Å². The average molecular weight is 254 g/mol. The maximum atomic E-state index is 8.92. The highest BCUT2D eigenvalue weighted by Crippen LogP contribution is 2.29. The lowest BCUT2D eigenvalue weighted by molar-refractivity contribution is -0.0147. The number of phenols is 1. The molecule has 1 aliphatic carbocycles. The monoisotopic (exact) mass is 254 g/mol. The van der Waals surface area contributed by atoms with Crippen LogP contribution in [0.4, 0.5) is 0 Å². The summed E-state index contributed by atoms with van der Waals surface area (Å²) in [5, 5.41) is 17.8. The van der Waals surface area contributed by atoms with Crippen LogP contribution in [0.1, 0.15) is 59.4 Å². The summed E-state index contributed by atoms with van der Waals surface area (Å²) in [5.41, 5.74) is 0.646. The first-order valence-electron chi connectivity index (χ1n) is 6.98. The molecule has 1 fully saturated rings. The van der Waals surface area contributed by atoms with E-state index in [1.54, 1.807) is 6.07 Å². The molecule has 1 aliphatic rings. The van der Waals surface area contributed by atoms with E-state index in [2.05, 4.69) is 0 Å². The Hall–Kier alpha value is -1.02. The number of aryl methyl sites for hydroxylation is 1. The van der Waals surface area contributed by atoms with E-state index in [9.17, 15) is 0 Å². The topological polar surface area (TPSA) is 40.5 Å². The van der Waals surface area contributed by atoms with Gasteiger partial charge in [-0.25, -0.2) is 0 Å². The SMILES string of the molecule is CC.CC.CC1(O)CCC1.Cc1ccccc1O. The van der Waals surface area contributed by atoms with Crippen LogP contribution in [0.25, 0.3) is 0 Å². The fourth-order valence-corrected chi connectivity index (χ4v) is 1.25. The molecule has 0 aliphatic heterocycles. The summed E-state index contributed by atoms with van der Waals surface area (Å²) in [4.78, 5) is 0. The van der Waals surface area contributed by atoms with Gasteiger partial charge in [0.15, 0.2) is 0 Å². The number of rotatable bonds is 0. The van der Waals surface area contributed by atoms with E-state index in [1.807, 2.05) is 59.7 Å². The highest BCUT2D eigenvalue weighted by Gasteiger charge is 2.27. The molecule has 0 heterocycles. The molecule has 0 unspecified atom stereocenters. The highest BCUT2D eigenvalue weighted by atomic mass is 16.3. The maximum absolute atomic E-state index is 8.92. The van der Waals surface area contributed by atoms with Crippen LogP contribution >= 0.6 is 0 Å². The first-order valence-corrected chi connectivity index (χ1v) is 6.98. The fourth-order valence-electron chi connectivity index (χ4n) is 1.25. The second-order valence-corrected chi connectivity index (χ2v) is 4.14. The number of para-hydroxylation sites is 1. The van der Waals surface area contributed by atoms with Gasteiger partial charge in [-0.05, 0) is 44.7 Å². The first-order chi connectivity index (χ1) is 8.51. The van der Waals surface area contributed by atoms with Crippen molar-refractivity contribution < 1.29 is 10.2 Å². The third-order valence-corrected chi connectivity index (χ3v) is 2.55. The minimum absolute atomic E-state index is 0.278. The molecule has 0 amide bonds. The average Bonchev–Trinajstić information content (AvgIpc) is 2.37. The van der Waals surface area contributed by atoms with Gasteiger partial charge in [-0.15, -0.1) is 0 Å². The number of benzene rings is 1. The Kier molecular flexibility index (Phi) is 11.9. The molecule has 2 rings (SSSR count). The lowest BCUT2D eigenvalue weighted by Crippen LogP contribution is -2.32. The third-order valence-electron chi connectivity index (χ3n) is 2.55. The van der Waals surface area contributed by atoms with Crippen molar-refractivity contribution in [3.8, 4) is 5.75 Å². The number of aromatic hydroxyl groups is 1. The first kappa shape index (κ1) is 19.3. The van der Waals surface area contributed by atoms with Crippen molar-refractivity contribution in [1.29, 1.82) is 0 Å². The van der Waals surface area contributed by atoms with Crippen molar-refractivity contribution in [2.45, 2.75) is 66.4 Å². The van der Waals surface area contributed by atoms with Crippen molar-refractivity contribution >= 4 is 0 Å². The second-order valence-electron chi connectivity index (χ2n) is 4.14. The number of hydrogen-bond donors (Lipinski definition) is 2. The lowest BCUT2D eigenvalue weighted by atomic mass is 9.82. The zero-order chi connectivity index (χ0) is 14.6. The zero-order valence-corrected chi connectivity index (χ0v) is 12.8. The minimum Gasteiger partial charge on any atom is -0.508 e. The molecule has 0 aromatic heterocycles. The van der Waals surface area contributed by atoms with Gasteiger partial charge in [0.1, 0.15) is 5.75 Å². The molecule has 2 heteroatoms. The summed E-state index contributed by atoms with van der Waals surface area (Å²) in [6.45, 7) is 11.8. The van der Waals surface area contributed by atoms with Crippen LogP contribution in [0.5, 0.6) is 5.75 Å². The molecular formula is C16H30O2. The van der Waals surface area contributed by atoms with Crippen LogP contribution in [0.3, 0.4) is 0 Å². The van der Waals surface area contributed by atoms with Crippen molar-refractivity contribution in [3.63, 3.8) is 0 Å². The van der Waals surface area contributed by atoms with Gasteiger partial charge in [0.25, 0.3) is 0 Å². The molecule has 1 aromatic carbocycles. The molecule has 106 valence electrons. The van der Waals surface area contributed by atoms with Crippen LogP contribution in [0, 0.1) is 6.92 Å². The van der Waals surface area contributed by atoms with E-state index in [4.69, 9.17) is 10.2 Å². The molecule has 0 saturated heterocycles. The zero-order valence-electron chi connectivity index (χ0n) is 12.8. The van der Waals surface area contributed by atoms with Crippen LogP contribution in [-0.4, -0.2) is 15.8 Å². The highest BCUT2D eigenvalue weighted by molar-refractivity contribution is 5.29. The largest absolute Gasteiger partial charge is 0.508 e. The fraction of sp³-hybridized carbons (Fsp3) is 0.625. The Morgan fingerprint density at radius 2 is 1.39 bits per heavy atom. The Bertz CT molecular complexity index is 266.